The zero-order chi connectivity index (χ0) is 21.1. The Kier molecular flexibility index (Phi) is 9.59. The normalized spacial score (nSPS) is 14.2. The number of likely N-dealkylation sites (tertiary alicyclic amines) is 1. The smallest absolute Gasteiger partial charge is 0.272 e. The van der Waals surface area contributed by atoms with Crippen molar-refractivity contribution < 1.29 is 14.3 Å². The molecule has 1 aromatic heterocycles. The highest BCUT2D eigenvalue weighted by molar-refractivity contribution is 6.06. The number of hydrogen-bond acceptors (Lipinski definition) is 6. The lowest BCUT2D eigenvalue weighted by molar-refractivity contribution is -0.106. The molecule has 1 aromatic carbocycles. The van der Waals surface area contributed by atoms with Crippen molar-refractivity contribution in [3.05, 3.63) is 23.9 Å². The Balaban J connectivity index is 0.000000941. The molecule has 0 atom stereocenters. The van der Waals surface area contributed by atoms with Crippen molar-refractivity contribution in [1.82, 2.24) is 25.3 Å². The Morgan fingerprint density at radius 3 is 2.59 bits per heavy atom. The molecule has 0 radical (unpaired) electrons. The van der Waals surface area contributed by atoms with Gasteiger partial charge in [0, 0.05) is 25.0 Å². The van der Waals surface area contributed by atoms with Gasteiger partial charge in [-0.2, -0.15) is 5.10 Å². The average Bonchev–Trinajstić information content (AvgIpc) is 3.13. The molecule has 0 aliphatic carbocycles. The van der Waals surface area contributed by atoms with Gasteiger partial charge >= 0.3 is 0 Å². The van der Waals surface area contributed by atoms with E-state index < -0.39 is 0 Å². The van der Waals surface area contributed by atoms with Crippen LogP contribution < -0.4 is 15.4 Å². The topological polar surface area (TPSA) is 88.5 Å². The van der Waals surface area contributed by atoms with E-state index in [0.29, 0.717) is 12.2 Å². The highest BCUT2D eigenvalue weighted by Crippen LogP contribution is 2.28. The minimum Gasteiger partial charge on any atom is -0.494 e. The van der Waals surface area contributed by atoms with E-state index in [-0.39, 0.29) is 5.91 Å². The maximum absolute atomic E-state index is 12.6. The summed E-state index contributed by atoms with van der Waals surface area (Å²) < 4.78 is 7.46. The van der Waals surface area contributed by atoms with Crippen molar-refractivity contribution in [2.75, 3.05) is 46.9 Å². The molecule has 0 bridgehead atoms. The highest BCUT2D eigenvalue weighted by atomic mass is 16.5. The number of rotatable bonds is 8. The summed E-state index contributed by atoms with van der Waals surface area (Å²) in [7, 11) is 3.52. The van der Waals surface area contributed by atoms with E-state index in [0.717, 1.165) is 55.7 Å². The number of carbonyl (C=O) groups excluding carboxylic acids is 2. The molecule has 0 spiro atoms. The summed E-state index contributed by atoms with van der Waals surface area (Å²) in [4.78, 5) is 23.9. The van der Waals surface area contributed by atoms with Crippen molar-refractivity contribution in [3.63, 3.8) is 0 Å². The van der Waals surface area contributed by atoms with E-state index >= 15 is 0 Å². The number of amides is 1. The van der Waals surface area contributed by atoms with E-state index in [4.69, 9.17) is 9.53 Å². The summed E-state index contributed by atoms with van der Waals surface area (Å²) in [5.41, 5.74) is 1.36. The fourth-order valence-corrected chi connectivity index (χ4v) is 3.50. The van der Waals surface area contributed by atoms with E-state index in [2.05, 4.69) is 20.6 Å². The molecule has 0 saturated carbocycles. The van der Waals surface area contributed by atoms with E-state index in [1.807, 2.05) is 29.9 Å². The number of aromatic nitrogens is 2. The Hall–Kier alpha value is -2.45. The number of carbonyl (C=O) groups is 2. The van der Waals surface area contributed by atoms with Gasteiger partial charge < -0.3 is 25.1 Å². The van der Waals surface area contributed by atoms with Crippen LogP contribution in [0.4, 0.5) is 0 Å². The first-order chi connectivity index (χ1) is 14.2. The first kappa shape index (κ1) is 22.8. The third kappa shape index (κ3) is 6.27. The predicted molar refractivity (Wildman–Crippen MR) is 115 cm³/mol. The molecular weight excluding hydrogens is 370 g/mol. The molecule has 2 heterocycles. The number of nitrogens with one attached hydrogen (secondary N) is 2. The summed E-state index contributed by atoms with van der Waals surface area (Å²) >= 11 is 0. The molecular formula is C21H33N5O3. The molecule has 8 nitrogen and oxygen atoms in total. The first-order valence-electron chi connectivity index (χ1n) is 10.2. The van der Waals surface area contributed by atoms with E-state index in [1.54, 1.807) is 7.11 Å². The van der Waals surface area contributed by atoms with E-state index in [9.17, 15) is 4.79 Å². The van der Waals surface area contributed by atoms with E-state index in [1.165, 1.54) is 26.2 Å². The van der Waals surface area contributed by atoms with Gasteiger partial charge in [0.2, 0.25) is 0 Å². The van der Waals surface area contributed by atoms with Gasteiger partial charge in [-0.3, -0.25) is 9.48 Å². The van der Waals surface area contributed by atoms with Crippen molar-refractivity contribution in [1.29, 1.82) is 0 Å². The third-order valence-electron chi connectivity index (χ3n) is 4.91. The number of likely N-dealkylation sites (N-methyl/N-ethyl adjacent to an activating group) is 1. The number of ether oxygens (including phenoxy) is 1. The summed E-state index contributed by atoms with van der Waals surface area (Å²) in [6, 6.07) is 5.77. The largest absolute Gasteiger partial charge is 0.494 e. The van der Waals surface area contributed by atoms with Crippen LogP contribution >= 0.6 is 0 Å². The van der Waals surface area contributed by atoms with Gasteiger partial charge in [-0.25, -0.2) is 0 Å². The molecule has 0 unspecified atom stereocenters. The number of piperidine rings is 1. The minimum absolute atomic E-state index is 0.143. The monoisotopic (exact) mass is 403 g/mol. The molecule has 29 heavy (non-hydrogen) atoms. The summed E-state index contributed by atoms with van der Waals surface area (Å²) in [6.07, 6.45) is 4.61. The molecule has 1 amide bonds. The minimum atomic E-state index is -0.143. The van der Waals surface area contributed by atoms with Crippen molar-refractivity contribution in [3.8, 4) is 5.75 Å². The molecule has 1 fully saturated rings. The molecule has 1 saturated heterocycles. The van der Waals surface area contributed by atoms with Gasteiger partial charge in [0.15, 0.2) is 5.69 Å². The maximum atomic E-state index is 12.6. The summed E-state index contributed by atoms with van der Waals surface area (Å²) in [6.45, 7) is 6.72. The van der Waals surface area contributed by atoms with Gasteiger partial charge in [0.1, 0.15) is 17.6 Å². The molecule has 1 aliphatic rings. The number of benzene rings is 1. The lowest BCUT2D eigenvalue weighted by atomic mass is 10.1. The SMILES string of the molecule is CC=O.CNCCNC(=O)c1nn(CCN2CCCCC2)c2c(OC)cccc12. The second-order valence-electron chi connectivity index (χ2n) is 6.93. The zero-order valence-electron chi connectivity index (χ0n) is 17.7. The quantitative estimate of drug-likeness (QED) is 0.515. The standard InChI is InChI=1S/C19H29N5O2.C2H4O/c1-20-9-10-21-19(25)17-15-7-6-8-16(26-2)18(15)24(22-17)14-13-23-11-4-3-5-12-23;1-2-3/h6-8,20H,3-5,9-14H2,1-2H3,(H,21,25);2H,1H3. The average molecular weight is 404 g/mol. The Morgan fingerprint density at radius 2 is 1.93 bits per heavy atom. The van der Waals surface area contributed by atoms with Gasteiger partial charge in [-0.1, -0.05) is 18.6 Å². The van der Waals surface area contributed by atoms with Crippen LogP contribution in [0.5, 0.6) is 5.75 Å². The summed E-state index contributed by atoms with van der Waals surface area (Å²) in [5, 5.41) is 11.4. The fourth-order valence-electron chi connectivity index (χ4n) is 3.50. The second-order valence-corrected chi connectivity index (χ2v) is 6.93. The van der Waals surface area contributed by atoms with Crippen LogP contribution in [0.3, 0.4) is 0 Å². The van der Waals surface area contributed by atoms with Crippen molar-refractivity contribution in [2.45, 2.75) is 32.7 Å². The number of nitrogens with zero attached hydrogens (tertiary/aromatic N) is 3. The molecule has 2 N–H and O–H groups in total. The van der Waals surface area contributed by atoms with Crippen LogP contribution in [-0.4, -0.2) is 73.8 Å². The Bertz CT molecular complexity index is 784. The van der Waals surface area contributed by atoms with Crippen LogP contribution in [-0.2, 0) is 11.3 Å². The molecule has 3 rings (SSSR count). The number of methoxy groups -OCH3 is 1. The van der Waals surface area contributed by atoms with Crippen LogP contribution in [0.25, 0.3) is 10.9 Å². The lowest BCUT2D eigenvalue weighted by Gasteiger charge is -2.26. The Morgan fingerprint density at radius 1 is 1.21 bits per heavy atom. The molecule has 8 heteroatoms. The maximum Gasteiger partial charge on any atom is 0.272 e. The third-order valence-corrected chi connectivity index (χ3v) is 4.91. The zero-order valence-corrected chi connectivity index (χ0v) is 17.7. The molecule has 160 valence electrons. The van der Waals surface area contributed by atoms with Gasteiger partial charge in [0.05, 0.1) is 13.7 Å². The number of aldehydes is 1. The number of hydrogen-bond donors (Lipinski definition) is 2. The van der Waals surface area contributed by atoms with Crippen molar-refractivity contribution >= 4 is 23.1 Å². The summed E-state index contributed by atoms with van der Waals surface area (Å²) in [5.74, 6) is 0.609. The fraction of sp³-hybridized carbons (Fsp3) is 0.571. The van der Waals surface area contributed by atoms with Crippen molar-refractivity contribution in [2.24, 2.45) is 0 Å². The van der Waals surface area contributed by atoms with Gasteiger partial charge in [0.25, 0.3) is 5.91 Å². The predicted octanol–water partition coefficient (Wildman–Crippen LogP) is 1.69. The molecule has 2 aromatic rings. The lowest BCUT2D eigenvalue weighted by Crippen LogP contribution is -2.33. The Labute approximate surface area is 172 Å². The van der Waals surface area contributed by atoms with Crippen LogP contribution in [0, 0.1) is 0 Å². The van der Waals surface area contributed by atoms with Crippen LogP contribution in [0.15, 0.2) is 18.2 Å². The van der Waals surface area contributed by atoms with Gasteiger partial charge in [-0.15, -0.1) is 0 Å². The number of fused-ring (bicyclic) bond motifs is 1. The molecule has 1 aliphatic heterocycles. The van der Waals surface area contributed by atoms with Crippen LogP contribution in [0.1, 0.15) is 36.7 Å². The number of para-hydroxylation sites is 1. The van der Waals surface area contributed by atoms with Crippen LogP contribution in [0.2, 0.25) is 0 Å². The first-order valence-corrected chi connectivity index (χ1v) is 10.2. The highest BCUT2D eigenvalue weighted by Gasteiger charge is 2.20. The van der Waals surface area contributed by atoms with Gasteiger partial charge in [-0.05, 0) is 46.0 Å². The second kappa shape index (κ2) is 12.2.